The number of nitrogens with one attached hydrogen (secondary N) is 1. The molecule has 188 valence electrons. The highest BCUT2D eigenvalue weighted by atomic mass is 16.5. The zero-order valence-electron chi connectivity index (χ0n) is 21.2. The quantitative estimate of drug-likeness (QED) is 0.283. The van der Waals surface area contributed by atoms with Crippen molar-refractivity contribution in [2.24, 2.45) is 9.98 Å². The Morgan fingerprint density at radius 3 is 2.34 bits per heavy atom. The van der Waals surface area contributed by atoms with Gasteiger partial charge in [-0.25, -0.2) is 0 Å². The molecule has 1 aliphatic rings. The molecule has 1 aromatic heterocycles. The molecule has 0 atom stereocenters. The van der Waals surface area contributed by atoms with Gasteiger partial charge in [-0.3, -0.25) is 14.8 Å². The molecule has 0 unspecified atom stereocenters. The van der Waals surface area contributed by atoms with Gasteiger partial charge < -0.3 is 24.3 Å². The molecule has 1 aromatic carbocycles. The minimum atomic E-state index is -0.485. The van der Waals surface area contributed by atoms with Crippen LogP contribution in [-0.4, -0.2) is 43.5 Å². The molecule has 0 saturated carbocycles. The number of aromatic hydroxyl groups is 1. The summed E-state index contributed by atoms with van der Waals surface area (Å²) in [6.07, 6.45) is 9.59. The summed E-state index contributed by atoms with van der Waals surface area (Å²) in [7, 11) is 4.58. The molecule has 35 heavy (non-hydrogen) atoms. The Hall–Kier alpha value is -3.81. The predicted octanol–water partition coefficient (Wildman–Crippen LogP) is 5.40. The van der Waals surface area contributed by atoms with E-state index in [2.05, 4.69) is 28.5 Å². The molecular weight excluding hydrogens is 446 g/mol. The lowest BCUT2D eigenvalue weighted by Gasteiger charge is -2.19. The number of hydrogen-bond donors (Lipinski definition) is 2. The highest BCUT2D eigenvalue weighted by Gasteiger charge is 2.27. The molecule has 1 aliphatic heterocycles. The molecule has 3 rings (SSSR count). The third-order valence-corrected chi connectivity index (χ3v) is 5.32. The molecule has 2 N–H and O–H groups in total. The Morgan fingerprint density at radius 2 is 1.89 bits per heavy atom. The highest BCUT2D eigenvalue weighted by Crippen LogP contribution is 2.44. The van der Waals surface area contributed by atoms with Crippen LogP contribution in [0.15, 0.2) is 57.6 Å². The third kappa shape index (κ3) is 6.85. The fraction of sp³-hybridized carbons (Fsp3) is 0.370. The summed E-state index contributed by atoms with van der Waals surface area (Å²) in [6.45, 7) is 7.73. The van der Waals surface area contributed by atoms with Crippen LogP contribution in [0.4, 0.5) is 0 Å². The number of aromatic nitrogens is 1. The van der Waals surface area contributed by atoms with E-state index in [0.29, 0.717) is 46.9 Å². The van der Waals surface area contributed by atoms with E-state index in [4.69, 9.17) is 14.2 Å². The van der Waals surface area contributed by atoms with Crippen LogP contribution in [0, 0.1) is 0 Å². The lowest BCUT2D eigenvalue weighted by atomic mass is 9.95. The maximum atomic E-state index is 12.9. The second-order valence-corrected chi connectivity index (χ2v) is 7.65. The van der Waals surface area contributed by atoms with Crippen molar-refractivity contribution in [1.29, 1.82) is 0 Å². The molecule has 0 spiro atoms. The van der Waals surface area contributed by atoms with Gasteiger partial charge in [0.25, 0.3) is 5.56 Å². The molecule has 0 amide bonds. The number of methoxy groups -OCH3 is 2. The first kappa shape index (κ1) is 27.4. The van der Waals surface area contributed by atoms with Crippen LogP contribution in [0.25, 0.3) is 11.1 Å². The number of hydrogen-bond acceptors (Lipinski definition) is 7. The van der Waals surface area contributed by atoms with Crippen LogP contribution < -0.4 is 15.0 Å². The first-order valence-electron chi connectivity index (χ1n) is 11.6. The fourth-order valence-corrected chi connectivity index (χ4v) is 3.47. The Morgan fingerprint density at radius 1 is 1.20 bits per heavy atom. The Kier molecular flexibility index (Phi) is 10.8. The van der Waals surface area contributed by atoms with Gasteiger partial charge in [-0.2, -0.15) is 0 Å². The number of H-pyrrole nitrogens is 1. The van der Waals surface area contributed by atoms with Crippen molar-refractivity contribution in [3.63, 3.8) is 0 Å². The van der Waals surface area contributed by atoms with Crippen LogP contribution >= 0.6 is 0 Å². The van der Waals surface area contributed by atoms with E-state index in [1.165, 1.54) is 7.05 Å². The van der Waals surface area contributed by atoms with Crippen molar-refractivity contribution in [1.82, 2.24) is 4.98 Å². The summed E-state index contributed by atoms with van der Waals surface area (Å²) in [6, 6.07) is 5.34. The average molecular weight is 482 g/mol. The Balaban J connectivity index is 0.000000764. The van der Waals surface area contributed by atoms with E-state index in [9.17, 15) is 9.90 Å². The van der Waals surface area contributed by atoms with Gasteiger partial charge in [0.2, 0.25) is 5.90 Å². The number of aromatic amines is 1. The molecule has 0 radical (unpaired) electrons. The van der Waals surface area contributed by atoms with Gasteiger partial charge in [0.05, 0.1) is 31.1 Å². The van der Waals surface area contributed by atoms with E-state index in [0.717, 1.165) is 19.3 Å². The number of aryl methyl sites for hydroxylation is 1. The number of pyridine rings is 1. The molecule has 0 fully saturated rings. The minimum absolute atomic E-state index is 0.00208. The summed E-state index contributed by atoms with van der Waals surface area (Å²) < 4.78 is 16.7. The largest absolute Gasteiger partial charge is 0.506 e. The van der Waals surface area contributed by atoms with E-state index in [-0.39, 0.29) is 17.2 Å². The molecule has 2 heterocycles. The summed E-state index contributed by atoms with van der Waals surface area (Å²) in [5.41, 5.74) is 1.03. The summed E-state index contributed by atoms with van der Waals surface area (Å²) >= 11 is 0. The van der Waals surface area contributed by atoms with E-state index in [1.54, 1.807) is 38.6 Å². The van der Waals surface area contributed by atoms with Crippen LogP contribution in [0.1, 0.15) is 50.8 Å². The zero-order valence-corrected chi connectivity index (χ0v) is 21.2. The van der Waals surface area contributed by atoms with Gasteiger partial charge in [0.15, 0.2) is 0 Å². The minimum Gasteiger partial charge on any atom is -0.506 e. The van der Waals surface area contributed by atoms with E-state index < -0.39 is 5.56 Å². The van der Waals surface area contributed by atoms with Gasteiger partial charge in [-0.1, -0.05) is 39.0 Å². The lowest BCUT2D eigenvalue weighted by molar-refractivity contribution is 0.393. The number of allylic oxidation sites excluding steroid dienone is 2. The maximum Gasteiger partial charge on any atom is 0.264 e. The van der Waals surface area contributed by atoms with Crippen molar-refractivity contribution in [2.75, 3.05) is 21.3 Å². The molecule has 0 aliphatic carbocycles. The van der Waals surface area contributed by atoms with E-state index >= 15 is 0 Å². The summed E-state index contributed by atoms with van der Waals surface area (Å²) in [4.78, 5) is 23.7. The first-order chi connectivity index (χ1) is 16.9. The molecule has 0 saturated heterocycles. The second kappa shape index (κ2) is 13.8. The van der Waals surface area contributed by atoms with Crippen LogP contribution in [0.5, 0.6) is 17.2 Å². The summed E-state index contributed by atoms with van der Waals surface area (Å²) in [5.74, 6) is 1.21. The van der Waals surface area contributed by atoms with Crippen LogP contribution in [-0.2, 0) is 11.2 Å². The molecule has 2 aromatic rings. The third-order valence-electron chi connectivity index (χ3n) is 5.32. The number of rotatable bonds is 9. The number of unbranched alkanes of at least 4 members (excludes halogenated alkanes) is 1. The number of ether oxygens (including phenoxy) is 3. The average Bonchev–Trinajstić information content (AvgIpc) is 3.46. The highest BCUT2D eigenvalue weighted by molar-refractivity contribution is 6.00. The monoisotopic (exact) mass is 481 g/mol. The molecule has 8 nitrogen and oxygen atoms in total. The van der Waals surface area contributed by atoms with Crippen molar-refractivity contribution < 1.29 is 19.3 Å². The summed E-state index contributed by atoms with van der Waals surface area (Å²) in [5, 5.41) is 11.3. The smallest absolute Gasteiger partial charge is 0.264 e. The molecule has 8 heteroatoms. The van der Waals surface area contributed by atoms with E-state index in [1.807, 2.05) is 19.2 Å². The topological polar surface area (TPSA) is 106 Å². The predicted molar refractivity (Wildman–Crippen MR) is 141 cm³/mol. The van der Waals surface area contributed by atoms with Gasteiger partial charge in [-0.15, -0.1) is 0 Å². The van der Waals surface area contributed by atoms with Crippen molar-refractivity contribution >= 4 is 12.1 Å². The lowest BCUT2D eigenvalue weighted by Crippen LogP contribution is -2.23. The fourth-order valence-electron chi connectivity index (χ4n) is 3.47. The maximum absolute atomic E-state index is 12.9. The Labute approximate surface area is 206 Å². The van der Waals surface area contributed by atoms with Gasteiger partial charge >= 0.3 is 0 Å². The SMILES string of the molecule is C1=CN=CC1.C=C(CC)OC(=NC)c1c(O)c(-c2c(OC)cccc2OC)c(CCCC)[nH]c1=O. The van der Waals surface area contributed by atoms with Crippen molar-refractivity contribution in [3.8, 4) is 28.4 Å². The first-order valence-corrected chi connectivity index (χ1v) is 11.6. The normalized spacial score (nSPS) is 12.2. The van der Waals surface area contributed by atoms with Crippen LogP contribution in [0.2, 0.25) is 0 Å². The van der Waals surface area contributed by atoms with Gasteiger partial charge in [0.1, 0.15) is 22.8 Å². The standard InChI is InChI=1S/C23H30N2O5.C4H5N/c1-7-9-11-15-18(19-16(28-5)12-10-13-17(19)29-6)21(26)20(22(27)25-15)23(24-4)30-14(3)8-2;1-2-4-5-3-1/h10,12-13H,3,7-9,11H2,1-2,4-6H3,(H2,25,26,27);1,3-4H,2H2. The number of benzene rings is 1. The van der Waals surface area contributed by atoms with Crippen molar-refractivity contribution in [2.45, 2.75) is 46.0 Å². The van der Waals surface area contributed by atoms with Crippen LogP contribution in [0.3, 0.4) is 0 Å². The van der Waals surface area contributed by atoms with Gasteiger partial charge in [-0.05, 0) is 25.0 Å². The molecule has 0 bridgehead atoms. The molecular formula is C27H35N3O5. The second-order valence-electron chi connectivity index (χ2n) is 7.65. The zero-order chi connectivity index (χ0) is 25.8. The van der Waals surface area contributed by atoms with Crippen molar-refractivity contribution in [3.05, 3.63) is 64.4 Å². The Bertz CT molecular complexity index is 1130. The number of aliphatic imine (C=N–C) groups is 2. The van der Waals surface area contributed by atoms with Gasteiger partial charge in [0, 0.05) is 38.0 Å². The number of nitrogens with zero attached hydrogens (tertiary/aromatic N) is 2.